The zero-order chi connectivity index (χ0) is 19.9. The monoisotopic (exact) mass is 385 g/mol. The third kappa shape index (κ3) is 4.68. The zero-order valence-electron chi connectivity index (χ0n) is 15.6. The van der Waals surface area contributed by atoms with Crippen LogP contribution in [0.1, 0.15) is 33.4 Å². The lowest BCUT2D eigenvalue weighted by atomic mass is 9.99. The zero-order valence-corrected chi connectivity index (χ0v) is 15.6. The number of amides is 1. The van der Waals surface area contributed by atoms with E-state index in [0.717, 1.165) is 16.9 Å². The summed E-state index contributed by atoms with van der Waals surface area (Å²) in [7, 11) is 0. The van der Waals surface area contributed by atoms with E-state index in [4.69, 9.17) is 9.26 Å². The standard InChI is InChI=1S/C23H19N3O3/c27-23(21-15-20(29-26-21)16-28-19-9-5-2-6-10-19)25-22(17-7-3-1-4-8-17)18-11-13-24-14-12-18/h1-15,22H,16H2,(H,25,27)/t22-/m0/s1. The Bertz CT molecular complexity index is 1010. The van der Waals surface area contributed by atoms with Crippen molar-refractivity contribution in [2.45, 2.75) is 12.6 Å². The molecule has 2 aromatic heterocycles. The van der Waals surface area contributed by atoms with Crippen LogP contribution in [0.25, 0.3) is 0 Å². The second kappa shape index (κ2) is 8.84. The van der Waals surface area contributed by atoms with Crippen molar-refractivity contribution in [1.82, 2.24) is 15.5 Å². The quantitative estimate of drug-likeness (QED) is 0.517. The van der Waals surface area contributed by atoms with Gasteiger partial charge in [-0.1, -0.05) is 53.7 Å². The van der Waals surface area contributed by atoms with Crippen LogP contribution in [-0.4, -0.2) is 16.0 Å². The van der Waals surface area contributed by atoms with Crippen LogP contribution in [0.3, 0.4) is 0 Å². The summed E-state index contributed by atoms with van der Waals surface area (Å²) in [6.07, 6.45) is 3.40. The van der Waals surface area contributed by atoms with Gasteiger partial charge in [-0.3, -0.25) is 9.78 Å². The number of rotatable bonds is 7. The van der Waals surface area contributed by atoms with Crippen molar-refractivity contribution in [3.63, 3.8) is 0 Å². The van der Waals surface area contributed by atoms with Gasteiger partial charge in [0, 0.05) is 18.5 Å². The van der Waals surface area contributed by atoms with E-state index >= 15 is 0 Å². The van der Waals surface area contributed by atoms with Gasteiger partial charge in [0.15, 0.2) is 11.5 Å². The molecule has 1 atom stereocenters. The molecule has 4 aromatic rings. The lowest BCUT2D eigenvalue weighted by Gasteiger charge is -2.19. The molecule has 6 heteroatoms. The van der Waals surface area contributed by atoms with Crippen LogP contribution in [0.2, 0.25) is 0 Å². The molecule has 0 saturated heterocycles. The summed E-state index contributed by atoms with van der Waals surface area (Å²) in [6.45, 7) is 0.191. The second-order valence-corrected chi connectivity index (χ2v) is 6.38. The number of nitrogens with one attached hydrogen (secondary N) is 1. The highest BCUT2D eigenvalue weighted by atomic mass is 16.5. The molecule has 0 spiro atoms. The number of carbonyl (C=O) groups excluding carboxylic acids is 1. The van der Waals surface area contributed by atoms with Crippen LogP contribution in [0, 0.1) is 0 Å². The van der Waals surface area contributed by atoms with Gasteiger partial charge in [-0.15, -0.1) is 0 Å². The third-order valence-electron chi connectivity index (χ3n) is 4.36. The third-order valence-corrected chi connectivity index (χ3v) is 4.36. The average molecular weight is 385 g/mol. The van der Waals surface area contributed by atoms with E-state index in [1.807, 2.05) is 72.8 Å². The smallest absolute Gasteiger partial charge is 0.274 e. The molecule has 144 valence electrons. The SMILES string of the molecule is O=C(N[C@@H](c1ccccc1)c1ccncc1)c1cc(COc2ccccc2)on1. The molecule has 2 aromatic carbocycles. The number of hydrogen-bond acceptors (Lipinski definition) is 5. The van der Waals surface area contributed by atoms with Crippen molar-refractivity contribution < 1.29 is 14.1 Å². The maximum absolute atomic E-state index is 12.8. The lowest BCUT2D eigenvalue weighted by Crippen LogP contribution is -2.29. The van der Waals surface area contributed by atoms with Crippen molar-refractivity contribution >= 4 is 5.91 Å². The lowest BCUT2D eigenvalue weighted by molar-refractivity contribution is 0.0933. The highest BCUT2D eigenvalue weighted by molar-refractivity contribution is 5.92. The first-order valence-corrected chi connectivity index (χ1v) is 9.19. The van der Waals surface area contributed by atoms with Crippen LogP contribution in [-0.2, 0) is 6.61 Å². The number of aromatic nitrogens is 2. The Kier molecular flexibility index (Phi) is 5.62. The first-order valence-electron chi connectivity index (χ1n) is 9.19. The minimum atomic E-state index is -0.328. The van der Waals surface area contributed by atoms with Gasteiger partial charge in [-0.25, -0.2) is 0 Å². The van der Waals surface area contributed by atoms with Gasteiger partial charge in [0.05, 0.1) is 6.04 Å². The molecule has 29 heavy (non-hydrogen) atoms. The first kappa shape index (κ1) is 18.4. The predicted octanol–water partition coefficient (Wildman–Crippen LogP) is 4.17. The number of para-hydroxylation sites is 1. The van der Waals surface area contributed by atoms with E-state index in [-0.39, 0.29) is 24.2 Å². The van der Waals surface area contributed by atoms with Gasteiger partial charge in [0.25, 0.3) is 5.91 Å². The molecule has 4 rings (SSSR count). The van der Waals surface area contributed by atoms with Gasteiger partial charge in [-0.2, -0.15) is 0 Å². The number of carbonyl (C=O) groups is 1. The summed E-state index contributed by atoms with van der Waals surface area (Å²) in [4.78, 5) is 16.9. The average Bonchev–Trinajstić information content (AvgIpc) is 3.27. The van der Waals surface area contributed by atoms with E-state index in [2.05, 4.69) is 15.5 Å². The first-order chi connectivity index (χ1) is 14.3. The maximum atomic E-state index is 12.8. The van der Waals surface area contributed by atoms with E-state index in [0.29, 0.717) is 5.76 Å². The van der Waals surface area contributed by atoms with Crippen molar-refractivity contribution in [3.05, 3.63) is 114 Å². The molecule has 1 N–H and O–H groups in total. The molecule has 0 aliphatic carbocycles. The normalized spacial score (nSPS) is 11.6. The maximum Gasteiger partial charge on any atom is 0.274 e. The minimum absolute atomic E-state index is 0.191. The molecule has 6 nitrogen and oxygen atoms in total. The molecule has 0 saturated carbocycles. The molecule has 1 amide bonds. The highest BCUT2D eigenvalue weighted by Crippen LogP contribution is 2.22. The topological polar surface area (TPSA) is 77.2 Å². The minimum Gasteiger partial charge on any atom is -0.486 e. The van der Waals surface area contributed by atoms with E-state index in [1.54, 1.807) is 18.5 Å². The molecule has 0 aliphatic rings. The van der Waals surface area contributed by atoms with Gasteiger partial charge in [0.1, 0.15) is 12.4 Å². The Morgan fingerprint density at radius 2 is 1.59 bits per heavy atom. The van der Waals surface area contributed by atoms with Gasteiger partial charge >= 0.3 is 0 Å². The Hall–Kier alpha value is -3.93. The Morgan fingerprint density at radius 1 is 0.931 bits per heavy atom. The molecule has 2 heterocycles. The van der Waals surface area contributed by atoms with Crippen molar-refractivity contribution in [2.75, 3.05) is 0 Å². The van der Waals surface area contributed by atoms with Crippen LogP contribution in [0.4, 0.5) is 0 Å². The van der Waals surface area contributed by atoms with Gasteiger partial charge in [0.2, 0.25) is 0 Å². The summed E-state index contributed by atoms with van der Waals surface area (Å²) >= 11 is 0. The summed E-state index contributed by atoms with van der Waals surface area (Å²) in [6, 6.07) is 24.1. The molecule has 0 unspecified atom stereocenters. The highest BCUT2D eigenvalue weighted by Gasteiger charge is 2.20. The summed E-state index contributed by atoms with van der Waals surface area (Å²) in [5, 5.41) is 6.91. The fourth-order valence-electron chi connectivity index (χ4n) is 2.92. The van der Waals surface area contributed by atoms with Gasteiger partial charge < -0.3 is 14.6 Å². The van der Waals surface area contributed by atoms with E-state index < -0.39 is 0 Å². The molecule has 0 bridgehead atoms. The van der Waals surface area contributed by atoms with Crippen LogP contribution < -0.4 is 10.1 Å². The molecule has 0 aliphatic heterocycles. The molecule has 0 radical (unpaired) electrons. The van der Waals surface area contributed by atoms with Crippen LogP contribution in [0.15, 0.2) is 95.8 Å². The fourth-order valence-corrected chi connectivity index (χ4v) is 2.92. The van der Waals surface area contributed by atoms with Crippen LogP contribution >= 0.6 is 0 Å². The Morgan fingerprint density at radius 3 is 2.31 bits per heavy atom. The van der Waals surface area contributed by atoms with E-state index in [9.17, 15) is 4.79 Å². The Balaban J connectivity index is 1.47. The molecule has 0 fully saturated rings. The van der Waals surface area contributed by atoms with Crippen molar-refractivity contribution in [1.29, 1.82) is 0 Å². The molecular formula is C23H19N3O3. The second-order valence-electron chi connectivity index (χ2n) is 6.38. The van der Waals surface area contributed by atoms with Gasteiger partial charge in [-0.05, 0) is 35.4 Å². The number of benzene rings is 2. The van der Waals surface area contributed by atoms with Crippen molar-refractivity contribution in [3.8, 4) is 5.75 Å². The summed E-state index contributed by atoms with van der Waals surface area (Å²) in [5.74, 6) is 0.862. The molecular weight excluding hydrogens is 366 g/mol. The number of pyridine rings is 1. The van der Waals surface area contributed by atoms with Crippen molar-refractivity contribution in [2.24, 2.45) is 0 Å². The predicted molar refractivity (Wildman–Crippen MR) is 107 cm³/mol. The van der Waals surface area contributed by atoms with Crippen LogP contribution in [0.5, 0.6) is 5.75 Å². The number of nitrogens with zero attached hydrogens (tertiary/aromatic N) is 2. The number of hydrogen-bond donors (Lipinski definition) is 1. The Labute approximate surface area is 168 Å². The summed E-state index contributed by atoms with van der Waals surface area (Å²) < 4.78 is 10.9. The largest absolute Gasteiger partial charge is 0.486 e. The summed E-state index contributed by atoms with van der Waals surface area (Å²) in [5.41, 5.74) is 2.09. The number of ether oxygens (including phenoxy) is 1. The fraction of sp³-hybridized carbons (Fsp3) is 0.0870. The van der Waals surface area contributed by atoms with E-state index in [1.165, 1.54) is 0 Å².